The Labute approximate surface area is 165 Å². The Hall–Kier alpha value is -3.02. The van der Waals surface area contributed by atoms with Gasteiger partial charge in [0.25, 0.3) is 0 Å². The number of hydrogen-bond acceptors (Lipinski definition) is 5. The number of nitrogens with zero attached hydrogens (tertiary/aromatic N) is 1. The van der Waals surface area contributed by atoms with E-state index in [-0.39, 0.29) is 18.7 Å². The molecule has 1 heterocycles. The Morgan fingerprint density at radius 2 is 1.75 bits per heavy atom. The molecule has 1 atom stereocenters. The molecule has 0 aliphatic carbocycles. The van der Waals surface area contributed by atoms with Crippen molar-refractivity contribution in [2.24, 2.45) is 0 Å². The average Bonchev–Trinajstić information content (AvgIpc) is 3.05. The molecule has 0 bridgehead atoms. The minimum atomic E-state index is -0.567. The zero-order valence-corrected chi connectivity index (χ0v) is 16.6. The summed E-state index contributed by atoms with van der Waals surface area (Å²) in [6, 6.07) is 15.1. The van der Waals surface area contributed by atoms with E-state index in [0.29, 0.717) is 12.3 Å². The number of amides is 1. The third-order valence-corrected chi connectivity index (χ3v) is 4.41. The summed E-state index contributed by atoms with van der Waals surface area (Å²) < 4.78 is 15.6. The van der Waals surface area contributed by atoms with Gasteiger partial charge in [0, 0.05) is 0 Å². The van der Waals surface area contributed by atoms with Crippen molar-refractivity contribution in [1.82, 2.24) is 4.90 Å². The molecule has 1 aliphatic rings. The maximum atomic E-state index is 12.8. The lowest BCUT2D eigenvalue weighted by molar-refractivity contribution is -0.142. The Morgan fingerprint density at radius 3 is 2.39 bits per heavy atom. The number of carbonyl (C=O) groups is 2. The van der Waals surface area contributed by atoms with Crippen LogP contribution >= 0.6 is 0 Å². The van der Waals surface area contributed by atoms with Gasteiger partial charge in [-0.2, -0.15) is 0 Å². The molecule has 6 nitrogen and oxygen atoms in total. The molecule has 0 saturated heterocycles. The molecule has 2 aromatic rings. The second-order valence-electron chi connectivity index (χ2n) is 7.64. The first-order valence-electron chi connectivity index (χ1n) is 9.15. The lowest BCUT2D eigenvalue weighted by atomic mass is 9.98. The van der Waals surface area contributed by atoms with Crippen LogP contribution in [0.1, 0.15) is 43.5 Å². The Kier molecular flexibility index (Phi) is 5.58. The van der Waals surface area contributed by atoms with E-state index in [1.807, 2.05) is 57.2 Å². The molecule has 148 valence electrons. The number of benzene rings is 2. The number of methoxy groups -OCH3 is 1. The summed E-state index contributed by atoms with van der Waals surface area (Å²) in [5, 5.41) is 0. The van der Waals surface area contributed by atoms with E-state index < -0.39 is 11.6 Å². The first-order valence-corrected chi connectivity index (χ1v) is 9.15. The molecule has 3 rings (SSSR count). The van der Waals surface area contributed by atoms with Crippen LogP contribution in [0.4, 0.5) is 4.79 Å². The molecule has 0 fully saturated rings. The van der Waals surface area contributed by atoms with Crippen molar-refractivity contribution in [3.8, 4) is 5.75 Å². The van der Waals surface area contributed by atoms with Crippen LogP contribution in [0.5, 0.6) is 5.75 Å². The molecule has 28 heavy (non-hydrogen) atoms. The van der Waals surface area contributed by atoms with E-state index in [9.17, 15) is 9.59 Å². The monoisotopic (exact) mass is 383 g/mol. The largest absolute Gasteiger partial charge is 0.482 e. The molecule has 0 N–H and O–H groups in total. The molecule has 0 saturated carbocycles. The molecule has 0 radical (unpaired) electrons. The van der Waals surface area contributed by atoms with Crippen molar-refractivity contribution in [3.63, 3.8) is 0 Å². The van der Waals surface area contributed by atoms with Gasteiger partial charge in [-0.15, -0.1) is 0 Å². The van der Waals surface area contributed by atoms with Gasteiger partial charge in [-0.05, 0) is 49.6 Å². The van der Waals surface area contributed by atoms with Gasteiger partial charge in [-0.3, -0.25) is 4.90 Å². The maximum absolute atomic E-state index is 12.8. The smallest absolute Gasteiger partial charge is 0.411 e. The van der Waals surface area contributed by atoms with E-state index in [4.69, 9.17) is 9.47 Å². The molecule has 2 aromatic carbocycles. The summed E-state index contributed by atoms with van der Waals surface area (Å²) in [6.45, 7) is 5.92. The van der Waals surface area contributed by atoms with E-state index in [0.717, 1.165) is 16.7 Å². The van der Waals surface area contributed by atoms with Gasteiger partial charge in [-0.25, -0.2) is 9.59 Å². The zero-order valence-electron chi connectivity index (χ0n) is 16.6. The molecule has 0 spiro atoms. The highest BCUT2D eigenvalue weighted by atomic mass is 16.6. The van der Waals surface area contributed by atoms with Gasteiger partial charge in [0.05, 0.1) is 19.7 Å². The Bertz CT molecular complexity index is 854. The molecule has 0 aromatic heterocycles. The lowest BCUT2D eigenvalue weighted by Crippen LogP contribution is -2.36. The van der Waals surface area contributed by atoms with Crippen molar-refractivity contribution in [2.75, 3.05) is 13.7 Å². The van der Waals surface area contributed by atoms with Crippen LogP contribution in [0.2, 0.25) is 0 Å². The van der Waals surface area contributed by atoms with Crippen molar-refractivity contribution >= 4 is 12.1 Å². The second-order valence-corrected chi connectivity index (χ2v) is 7.64. The topological polar surface area (TPSA) is 65.1 Å². The van der Waals surface area contributed by atoms with E-state index in [1.54, 1.807) is 17.0 Å². The number of esters is 1. The van der Waals surface area contributed by atoms with E-state index in [2.05, 4.69) is 4.74 Å². The number of carbonyl (C=O) groups excluding carboxylic acids is 2. The quantitative estimate of drug-likeness (QED) is 0.745. The standard InChI is InChI=1S/C22H25NO5/c1-22(2,3)28-21(25)23-13-16-7-5-6-8-18(16)20(23)15-9-11-17(12-10-15)27-14-19(24)26-4/h5-12,20H,13-14H2,1-4H3. The third-order valence-electron chi connectivity index (χ3n) is 4.41. The Balaban J connectivity index is 1.85. The van der Waals surface area contributed by atoms with E-state index in [1.165, 1.54) is 7.11 Å². The van der Waals surface area contributed by atoms with Crippen LogP contribution in [-0.2, 0) is 20.8 Å². The van der Waals surface area contributed by atoms with Gasteiger partial charge in [0.1, 0.15) is 11.4 Å². The highest BCUT2D eigenvalue weighted by Crippen LogP contribution is 2.39. The van der Waals surface area contributed by atoms with Gasteiger partial charge in [0.2, 0.25) is 0 Å². The predicted molar refractivity (Wildman–Crippen MR) is 104 cm³/mol. The predicted octanol–water partition coefficient (Wildman–Crippen LogP) is 4.08. The number of rotatable bonds is 4. The van der Waals surface area contributed by atoms with Crippen LogP contribution in [0.3, 0.4) is 0 Å². The van der Waals surface area contributed by atoms with Crippen molar-refractivity contribution in [2.45, 2.75) is 39.0 Å². The van der Waals surface area contributed by atoms with Gasteiger partial charge in [0.15, 0.2) is 6.61 Å². The molecular weight excluding hydrogens is 358 g/mol. The Morgan fingerprint density at radius 1 is 1.07 bits per heavy atom. The first kappa shape index (κ1) is 19.7. The summed E-state index contributed by atoms with van der Waals surface area (Å²) in [7, 11) is 1.32. The fourth-order valence-electron chi connectivity index (χ4n) is 3.19. The zero-order chi connectivity index (χ0) is 20.3. The summed E-state index contributed by atoms with van der Waals surface area (Å²) in [4.78, 5) is 25.8. The van der Waals surface area contributed by atoms with Crippen molar-refractivity contribution in [3.05, 3.63) is 65.2 Å². The first-order chi connectivity index (χ1) is 13.3. The SMILES string of the molecule is COC(=O)COc1ccc(C2c3ccccc3CN2C(=O)OC(C)(C)C)cc1. The lowest BCUT2D eigenvalue weighted by Gasteiger charge is -2.29. The van der Waals surface area contributed by atoms with Crippen LogP contribution in [0.25, 0.3) is 0 Å². The third kappa shape index (κ3) is 4.44. The minimum Gasteiger partial charge on any atom is -0.482 e. The molecule has 6 heteroatoms. The summed E-state index contributed by atoms with van der Waals surface area (Å²) in [6.07, 6.45) is -0.347. The number of ether oxygens (including phenoxy) is 3. The minimum absolute atomic E-state index is 0.147. The summed E-state index contributed by atoms with van der Waals surface area (Å²) >= 11 is 0. The van der Waals surface area contributed by atoms with Crippen molar-refractivity contribution < 1.29 is 23.8 Å². The van der Waals surface area contributed by atoms with E-state index >= 15 is 0 Å². The average molecular weight is 383 g/mol. The molecule has 1 aliphatic heterocycles. The molecule has 1 unspecified atom stereocenters. The molecular formula is C22H25NO5. The molecule has 1 amide bonds. The summed E-state index contributed by atoms with van der Waals surface area (Å²) in [5.74, 6) is 0.120. The van der Waals surface area contributed by atoms with Gasteiger partial charge in [-0.1, -0.05) is 36.4 Å². The van der Waals surface area contributed by atoms with Gasteiger partial charge < -0.3 is 14.2 Å². The van der Waals surface area contributed by atoms with Crippen LogP contribution in [0, 0.1) is 0 Å². The van der Waals surface area contributed by atoms with Crippen LogP contribution in [0.15, 0.2) is 48.5 Å². The second kappa shape index (κ2) is 7.92. The summed E-state index contributed by atoms with van der Waals surface area (Å²) in [5.41, 5.74) is 2.56. The number of hydrogen-bond donors (Lipinski definition) is 0. The van der Waals surface area contributed by atoms with Crippen molar-refractivity contribution in [1.29, 1.82) is 0 Å². The van der Waals surface area contributed by atoms with Crippen LogP contribution in [-0.4, -0.2) is 36.3 Å². The fourth-order valence-corrected chi connectivity index (χ4v) is 3.19. The van der Waals surface area contributed by atoms with Crippen LogP contribution < -0.4 is 4.74 Å². The number of fused-ring (bicyclic) bond motifs is 1. The fraction of sp³-hybridized carbons (Fsp3) is 0.364. The normalized spacial score (nSPS) is 15.7. The highest BCUT2D eigenvalue weighted by molar-refractivity contribution is 5.72. The maximum Gasteiger partial charge on any atom is 0.411 e. The highest BCUT2D eigenvalue weighted by Gasteiger charge is 2.36. The van der Waals surface area contributed by atoms with Gasteiger partial charge >= 0.3 is 12.1 Å².